The summed E-state index contributed by atoms with van der Waals surface area (Å²) in [6.45, 7) is 5.22. The zero-order chi connectivity index (χ0) is 26.1. The summed E-state index contributed by atoms with van der Waals surface area (Å²) >= 11 is 0. The Morgan fingerprint density at radius 3 is 2.08 bits per heavy atom. The number of amides is 2. The fourth-order valence-electron chi connectivity index (χ4n) is 4.28. The zero-order valence-electron chi connectivity index (χ0n) is 20.1. The lowest BCUT2D eigenvalue weighted by Crippen LogP contribution is -2.43. The van der Waals surface area contributed by atoms with Crippen molar-refractivity contribution in [2.75, 3.05) is 0 Å². The lowest BCUT2D eigenvalue weighted by molar-refractivity contribution is -0.142. The molecule has 3 aromatic carbocycles. The van der Waals surface area contributed by atoms with Crippen molar-refractivity contribution in [2.24, 2.45) is 0 Å². The molecule has 36 heavy (non-hydrogen) atoms. The first-order valence-corrected chi connectivity index (χ1v) is 11.5. The quantitative estimate of drug-likeness (QED) is 0.377. The van der Waals surface area contributed by atoms with Crippen molar-refractivity contribution >= 4 is 12.0 Å². The summed E-state index contributed by atoms with van der Waals surface area (Å²) in [5.74, 6) is -0.499. The largest absolute Gasteiger partial charge is 0.440 e. The van der Waals surface area contributed by atoms with Crippen molar-refractivity contribution in [1.29, 1.82) is 0 Å². The number of carbonyl (C=O) groups excluding carboxylic acids is 2. The highest BCUT2D eigenvalue weighted by Gasteiger charge is 2.52. The maximum Gasteiger partial charge on any atom is 0.417 e. The normalized spacial score (nSPS) is 18.1. The van der Waals surface area contributed by atoms with Crippen LogP contribution < -0.4 is 0 Å². The first-order valence-electron chi connectivity index (χ1n) is 11.5. The first kappa shape index (κ1) is 25.4. The average molecular weight is 498 g/mol. The van der Waals surface area contributed by atoms with Crippen LogP contribution in [-0.4, -0.2) is 28.6 Å². The van der Waals surface area contributed by atoms with Crippen LogP contribution in [0.4, 0.5) is 18.0 Å². The van der Waals surface area contributed by atoms with Gasteiger partial charge in [-0.1, -0.05) is 66.7 Å². The van der Waals surface area contributed by atoms with Gasteiger partial charge in [-0.3, -0.25) is 4.79 Å². The van der Waals surface area contributed by atoms with E-state index in [4.69, 9.17) is 9.47 Å². The molecule has 8 heteroatoms. The van der Waals surface area contributed by atoms with E-state index in [-0.39, 0.29) is 6.61 Å². The molecule has 0 bridgehead atoms. The molecular weight excluding hydrogens is 471 g/mol. The second-order valence-corrected chi connectivity index (χ2v) is 9.22. The Kier molecular flexibility index (Phi) is 6.91. The number of ether oxygens (including phenoxy) is 2. The molecule has 4 rings (SSSR count). The summed E-state index contributed by atoms with van der Waals surface area (Å²) in [6.07, 6.45) is -6.00. The Balaban J connectivity index is 1.42. The molecule has 0 aliphatic carbocycles. The topological polar surface area (TPSA) is 55.8 Å². The van der Waals surface area contributed by atoms with Crippen LogP contribution in [-0.2, 0) is 27.1 Å². The predicted molar refractivity (Wildman–Crippen MR) is 128 cm³/mol. The monoisotopic (exact) mass is 497 g/mol. The highest BCUT2D eigenvalue weighted by molar-refractivity contribution is 5.96. The van der Waals surface area contributed by atoms with Crippen LogP contribution >= 0.6 is 0 Å². The molecule has 1 heterocycles. The lowest BCUT2D eigenvalue weighted by Gasteiger charge is -2.29. The minimum absolute atomic E-state index is 0.114. The van der Waals surface area contributed by atoms with E-state index in [0.29, 0.717) is 5.56 Å². The van der Waals surface area contributed by atoms with Crippen molar-refractivity contribution in [3.05, 3.63) is 95.6 Å². The Morgan fingerprint density at radius 2 is 1.53 bits per heavy atom. The van der Waals surface area contributed by atoms with E-state index in [1.165, 1.54) is 12.1 Å². The fourth-order valence-corrected chi connectivity index (χ4v) is 4.28. The van der Waals surface area contributed by atoms with Crippen LogP contribution in [0.15, 0.2) is 78.9 Å². The molecule has 3 aromatic rings. The summed E-state index contributed by atoms with van der Waals surface area (Å²) in [4.78, 5) is 26.9. The van der Waals surface area contributed by atoms with E-state index in [9.17, 15) is 22.8 Å². The van der Waals surface area contributed by atoms with Gasteiger partial charge in [0, 0.05) is 0 Å². The van der Waals surface area contributed by atoms with Gasteiger partial charge in [0.25, 0.3) is 5.91 Å². The van der Waals surface area contributed by atoms with Gasteiger partial charge in [-0.2, -0.15) is 13.2 Å². The smallest absolute Gasteiger partial charge is 0.417 e. The third kappa shape index (κ3) is 5.28. The van der Waals surface area contributed by atoms with Crippen LogP contribution in [0.1, 0.15) is 43.5 Å². The van der Waals surface area contributed by atoms with Gasteiger partial charge in [-0.15, -0.1) is 0 Å². The van der Waals surface area contributed by atoms with Crippen LogP contribution in [0, 0.1) is 0 Å². The summed E-state index contributed by atoms with van der Waals surface area (Å²) < 4.78 is 49.6. The molecule has 1 saturated heterocycles. The molecule has 0 radical (unpaired) electrons. The summed E-state index contributed by atoms with van der Waals surface area (Å²) in [6, 6.07) is 20.7. The maximum absolute atomic E-state index is 13.2. The summed E-state index contributed by atoms with van der Waals surface area (Å²) in [7, 11) is 0. The van der Waals surface area contributed by atoms with Crippen molar-refractivity contribution in [1.82, 2.24) is 4.90 Å². The van der Waals surface area contributed by atoms with Gasteiger partial charge < -0.3 is 9.47 Å². The van der Waals surface area contributed by atoms with Crippen LogP contribution in [0.2, 0.25) is 0 Å². The standard InChI is InChI=1S/C28H26F3NO4/c1-18(25(33)32-24(22-7-5-4-6-8-22)27(2,3)36-26(32)34)35-17-19-9-11-20(12-10-19)21-13-15-23(16-14-21)28(29,30)31/h4-16,18,24H,17H2,1-3H3/t18-,24-/m0/s1. The molecular formula is C28H26F3NO4. The maximum atomic E-state index is 13.2. The van der Waals surface area contributed by atoms with E-state index in [2.05, 4.69) is 0 Å². The summed E-state index contributed by atoms with van der Waals surface area (Å²) in [5.41, 5.74) is 1.37. The molecule has 1 fully saturated rings. The number of benzene rings is 3. The highest BCUT2D eigenvalue weighted by atomic mass is 19.4. The second kappa shape index (κ2) is 9.78. The highest BCUT2D eigenvalue weighted by Crippen LogP contribution is 2.41. The third-order valence-electron chi connectivity index (χ3n) is 6.16. The number of imide groups is 1. The van der Waals surface area contributed by atoms with E-state index >= 15 is 0 Å². The molecule has 5 nitrogen and oxygen atoms in total. The van der Waals surface area contributed by atoms with Crippen LogP contribution in [0.25, 0.3) is 11.1 Å². The van der Waals surface area contributed by atoms with E-state index in [1.54, 1.807) is 45.0 Å². The van der Waals surface area contributed by atoms with E-state index < -0.39 is 41.5 Å². The number of nitrogens with zero attached hydrogens (tertiary/aromatic N) is 1. The molecule has 2 atom stereocenters. The molecule has 188 valence electrons. The van der Waals surface area contributed by atoms with Gasteiger partial charge in [0.2, 0.25) is 0 Å². The van der Waals surface area contributed by atoms with Gasteiger partial charge >= 0.3 is 12.3 Å². The number of rotatable bonds is 6. The first-order chi connectivity index (χ1) is 17.0. The number of halogens is 3. The zero-order valence-corrected chi connectivity index (χ0v) is 20.1. The van der Waals surface area contributed by atoms with Crippen molar-refractivity contribution in [3.63, 3.8) is 0 Å². The minimum atomic E-state index is -4.38. The Labute approximate surface area is 207 Å². The van der Waals surface area contributed by atoms with Gasteiger partial charge in [0.1, 0.15) is 17.7 Å². The molecule has 0 unspecified atom stereocenters. The second-order valence-electron chi connectivity index (χ2n) is 9.22. The molecule has 0 N–H and O–H groups in total. The molecule has 0 saturated carbocycles. The number of cyclic esters (lactones) is 1. The van der Waals surface area contributed by atoms with Crippen molar-refractivity contribution in [2.45, 2.75) is 51.3 Å². The fraction of sp³-hybridized carbons (Fsp3) is 0.286. The Morgan fingerprint density at radius 1 is 0.972 bits per heavy atom. The van der Waals surface area contributed by atoms with Crippen molar-refractivity contribution in [3.8, 4) is 11.1 Å². The van der Waals surface area contributed by atoms with Gasteiger partial charge in [-0.05, 0) is 55.2 Å². The Bertz CT molecular complexity index is 1220. The number of hydrogen-bond donors (Lipinski definition) is 0. The third-order valence-corrected chi connectivity index (χ3v) is 6.16. The summed E-state index contributed by atoms with van der Waals surface area (Å²) in [5, 5.41) is 0. The number of alkyl halides is 3. The SMILES string of the molecule is C[C@H](OCc1ccc(-c2ccc(C(F)(F)F)cc2)cc1)C(=O)N1C(=O)OC(C)(C)[C@@H]1c1ccccc1. The average Bonchev–Trinajstić information content (AvgIpc) is 3.10. The minimum Gasteiger partial charge on any atom is -0.440 e. The van der Waals surface area contributed by atoms with Gasteiger partial charge in [0.05, 0.1) is 12.2 Å². The molecule has 0 aromatic heterocycles. The van der Waals surface area contributed by atoms with Crippen LogP contribution in [0.3, 0.4) is 0 Å². The molecule has 0 spiro atoms. The molecule has 1 aliphatic heterocycles. The number of hydrogen-bond acceptors (Lipinski definition) is 4. The van der Waals surface area contributed by atoms with Gasteiger partial charge in [-0.25, -0.2) is 9.69 Å². The predicted octanol–water partition coefficient (Wildman–Crippen LogP) is 6.78. The lowest BCUT2D eigenvalue weighted by atomic mass is 9.91. The van der Waals surface area contributed by atoms with Gasteiger partial charge in [0.15, 0.2) is 0 Å². The van der Waals surface area contributed by atoms with Crippen LogP contribution in [0.5, 0.6) is 0 Å². The Hall–Kier alpha value is -3.65. The molecule has 2 amide bonds. The van der Waals surface area contributed by atoms with E-state index in [1.807, 2.05) is 30.3 Å². The molecule has 1 aliphatic rings. The van der Waals surface area contributed by atoms with E-state index in [0.717, 1.165) is 33.7 Å². The number of carbonyl (C=O) groups is 2. The van der Waals surface area contributed by atoms with Crippen molar-refractivity contribution < 1.29 is 32.2 Å².